The van der Waals surface area contributed by atoms with Gasteiger partial charge in [-0.3, -0.25) is 4.79 Å². The molecule has 1 saturated heterocycles. The Labute approximate surface area is 216 Å². The van der Waals surface area contributed by atoms with Crippen LogP contribution < -0.4 is 24.4 Å². The van der Waals surface area contributed by atoms with Gasteiger partial charge in [-0.25, -0.2) is 4.68 Å². The third-order valence-corrected chi connectivity index (χ3v) is 7.20. The Balaban J connectivity index is 1.21. The van der Waals surface area contributed by atoms with E-state index in [0.29, 0.717) is 43.2 Å². The number of ether oxygens (including phenoxy) is 3. The lowest BCUT2D eigenvalue weighted by molar-refractivity contribution is -0.173. The Bertz CT molecular complexity index is 1350. The zero-order chi connectivity index (χ0) is 26.4. The fraction of sp³-hybridized carbons (Fsp3) is 0.385. The number of benzene rings is 2. The number of fused-ring (bicyclic) bond motifs is 2. The van der Waals surface area contributed by atoms with Crippen LogP contribution in [0.15, 0.2) is 48.5 Å². The molecule has 2 aromatic carbocycles. The van der Waals surface area contributed by atoms with Crippen LogP contribution in [0.2, 0.25) is 0 Å². The highest BCUT2D eigenvalue weighted by Crippen LogP contribution is 2.45. The number of halogens is 3. The average Bonchev–Trinajstić information content (AvgIpc) is 3.58. The van der Waals surface area contributed by atoms with Gasteiger partial charge < -0.3 is 29.3 Å². The van der Waals surface area contributed by atoms with Crippen LogP contribution in [0.1, 0.15) is 34.6 Å². The second kappa shape index (κ2) is 9.34. The first-order valence-corrected chi connectivity index (χ1v) is 12.3. The Morgan fingerprint density at radius 2 is 1.82 bits per heavy atom. The number of carbonyl (C=O) groups excluding carboxylic acids is 1. The van der Waals surface area contributed by atoms with Gasteiger partial charge in [0, 0.05) is 38.7 Å². The van der Waals surface area contributed by atoms with Crippen LogP contribution in [0.5, 0.6) is 17.2 Å². The van der Waals surface area contributed by atoms with Gasteiger partial charge in [0.05, 0.1) is 18.8 Å². The monoisotopic (exact) mass is 529 g/mol. The lowest BCUT2D eigenvalue weighted by Crippen LogP contribution is -2.49. The van der Waals surface area contributed by atoms with E-state index in [1.54, 1.807) is 30.2 Å². The predicted molar refractivity (Wildman–Crippen MR) is 132 cm³/mol. The number of carbonyl (C=O) groups is 1. The molecule has 1 fully saturated rings. The summed E-state index contributed by atoms with van der Waals surface area (Å²) in [5, 5.41) is 7.27. The van der Waals surface area contributed by atoms with Crippen molar-refractivity contribution in [1.82, 2.24) is 14.7 Å². The number of hydrogen-bond donors (Lipinski definition) is 1. The number of amides is 1. The van der Waals surface area contributed by atoms with Crippen molar-refractivity contribution in [2.45, 2.75) is 24.7 Å². The number of methoxy groups -OCH3 is 1. The molecule has 2 unspecified atom stereocenters. The molecule has 0 radical (unpaired) electrons. The molecule has 3 aliphatic heterocycles. The van der Waals surface area contributed by atoms with Crippen LogP contribution in [0, 0.1) is 0 Å². The molecule has 3 aliphatic rings. The summed E-state index contributed by atoms with van der Waals surface area (Å²) < 4.78 is 59.4. The van der Waals surface area contributed by atoms with Gasteiger partial charge in [0.1, 0.15) is 11.6 Å². The lowest BCUT2D eigenvalue weighted by atomic mass is 9.96. The van der Waals surface area contributed by atoms with Crippen LogP contribution >= 0.6 is 0 Å². The largest absolute Gasteiger partial charge is 0.495 e. The maximum absolute atomic E-state index is 14.1. The number of nitrogens with one attached hydrogen (secondary N) is 1. The van der Waals surface area contributed by atoms with Gasteiger partial charge in [-0.2, -0.15) is 18.3 Å². The number of rotatable bonds is 4. The molecule has 0 saturated carbocycles. The molecule has 1 N–H and O–H groups in total. The van der Waals surface area contributed by atoms with Gasteiger partial charge >= 0.3 is 6.18 Å². The smallest absolute Gasteiger partial charge is 0.410 e. The summed E-state index contributed by atoms with van der Waals surface area (Å²) in [5.74, 6) is 1.55. The molecule has 1 aromatic heterocycles. The van der Waals surface area contributed by atoms with Crippen LogP contribution in [-0.4, -0.2) is 66.8 Å². The average molecular weight is 530 g/mol. The Morgan fingerprint density at radius 3 is 2.58 bits per heavy atom. The summed E-state index contributed by atoms with van der Waals surface area (Å²) in [4.78, 5) is 17.0. The van der Waals surface area contributed by atoms with Gasteiger partial charge in [0.2, 0.25) is 6.79 Å². The normalized spacial score (nSPS) is 20.6. The van der Waals surface area contributed by atoms with Crippen molar-refractivity contribution < 1.29 is 32.2 Å². The highest BCUT2D eigenvalue weighted by atomic mass is 19.4. The molecule has 1 amide bonds. The van der Waals surface area contributed by atoms with Crippen molar-refractivity contribution in [2.75, 3.05) is 50.3 Å². The topological polar surface area (TPSA) is 81.1 Å². The van der Waals surface area contributed by atoms with E-state index in [1.807, 2.05) is 24.3 Å². The van der Waals surface area contributed by atoms with Crippen molar-refractivity contribution in [2.24, 2.45) is 0 Å². The summed E-state index contributed by atoms with van der Waals surface area (Å²) in [7, 11) is 1.61. The molecule has 6 rings (SSSR count). The standard InChI is InChI=1S/C26H26F3N5O4/c1-36-20-5-3-2-4-19(20)32-8-10-33(11-9-32)25(35)18-14-24-30-17(13-23(26(27,28)29)34(24)31-18)16-6-7-21-22(12-16)38-15-37-21/h2-7,12,14,17,23,30H,8-11,13,15H2,1H3. The molecule has 9 nitrogen and oxygen atoms in total. The Morgan fingerprint density at radius 1 is 1.05 bits per heavy atom. The first kappa shape index (κ1) is 24.3. The van der Waals surface area contributed by atoms with Crippen LogP contribution in [0.3, 0.4) is 0 Å². The van der Waals surface area contributed by atoms with Gasteiger partial charge in [-0.15, -0.1) is 0 Å². The highest BCUT2D eigenvalue weighted by Gasteiger charge is 2.47. The van der Waals surface area contributed by atoms with E-state index in [9.17, 15) is 18.0 Å². The molecule has 12 heteroatoms. The molecule has 0 spiro atoms. The quantitative estimate of drug-likeness (QED) is 0.542. The molecular weight excluding hydrogens is 503 g/mol. The van der Waals surface area contributed by atoms with Gasteiger partial charge in [0.25, 0.3) is 5.91 Å². The second-order valence-electron chi connectivity index (χ2n) is 9.41. The number of alkyl halides is 3. The number of para-hydroxylation sites is 2. The fourth-order valence-electron chi connectivity index (χ4n) is 5.23. The maximum atomic E-state index is 14.1. The SMILES string of the molecule is COc1ccccc1N1CCN(C(=O)c2cc3n(n2)C(C(F)(F)F)CC(c2ccc4c(c2)OCO4)N3)CC1. The van der Waals surface area contributed by atoms with Crippen molar-refractivity contribution in [3.63, 3.8) is 0 Å². The number of hydrogen-bond acceptors (Lipinski definition) is 7. The zero-order valence-electron chi connectivity index (χ0n) is 20.6. The minimum absolute atomic E-state index is 0.0150. The molecule has 3 aromatic rings. The zero-order valence-corrected chi connectivity index (χ0v) is 20.6. The van der Waals surface area contributed by atoms with Gasteiger partial charge in [-0.05, 0) is 29.8 Å². The summed E-state index contributed by atoms with van der Waals surface area (Å²) in [6, 6.07) is 11.6. The summed E-state index contributed by atoms with van der Waals surface area (Å²) in [5.41, 5.74) is 1.56. The van der Waals surface area contributed by atoms with E-state index in [0.717, 1.165) is 16.1 Å². The highest BCUT2D eigenvalue weighted by molar-refractivity contribution is 5.93. The van der Waals surface area contributed by atoms with Crippen molar-refractivity contribution in [3.8, 4) is 17.2 Å². The summed E-state index contributed by atoms with van der Waals surface area (Å²) in [6.45, 7) is 2.03. The maximum Gasteiger partial charge on any atom is 0.410 e. The Hall–Kier alpha value is -4.09. The Kier molecular flexibility index (Phi) is 5.96. The molecule has 200 valence electrons. The van der Waals surface area contributed by atoms with Crippen LogP contribution in [0.4, 0.5) is 24.7 Å². The van der Waals surface area contributed by atoms with E-state index in [4.69, 9.17) is 14.2 Å². The molecule has 38 heavy (non-hydrogen) atoms. The molecule has 4 heterocycles. The third kappa shape index (κ3) is 4.33. The number of piperazine rings is 1. The molecule has 0 bridgehead atoms. The van der Waals surface area contributed by atoms with Crippen LogP contribution in [0.25, 0.3) is 0 Å². The van der Waals surface area contributed by atoms with Crippen molar-refractivity contribution in [3.05, 3.63) is 59.8 Å². The first-order chi connectivity index (χ1) is 18.3. The molecule has 0 aliphatic carbocycles. The van der Waals surface area contributed by atoms with Crippen molar-refractivity contribution in [1.29, 1.82) is 0 Å². The lowest BCUT2D eigenvalue weighted by Gasteiger charge is -2.36. The predicted octanol–water partition coefficient (Wildman–Crippen LogP) is 4.24. The number of nitrogens with zero attached hydrogens (tertiary/aromatic N) is 4. The number of aromatic nitrogens is 2. The van der Waals surface area contributed by atoms with Gasteiger partial charge in [0.15, 0.2) is 23.2 Å². The van der Waals surface area contributed by atoms with E-state index >= 15 is 0 Å². The summed E-state index contributed by atoms with van der Waals surface area (Å²) in [6.07, 6.45) is -4.82. The van der Waals surface area contributed by atoms with Crippen molar-refractivity contribution >= 4 is 17.4 Å². The van der Waals surface area contributed by atoms with E-state index in [2.05, 4.69) is 15.3 Å². The number of anilines is 2. The second-order valence-corrected chi connectivity index (χ2v) is 9.41. The van der Waals surface area contributed by atoms with Crippen LogP contribution in [-0.2, 0) is 0 Å². The van der Waals surface area contributed by atoms with E-state index < -0.39 is 24.2 Å². The fourth-order valence-corrected chi connectivity index (χ4v) is 5.23. The van der Waals surface area contributed by atoms with E-state index in [1.165, 1.54) is 6.07 Å². The molecule has 2 atom stereocenters. The first-order valence-electron chi connectivity index (χ1n) is 12.3. The minimum Gasteiger partial charge on any atom is -0.495 e. The van der Waals surface area contributed by atoms with Gasteiger partial charge in [-0.1, -0.05) is 18.2 Å². The third-order valence-electron chi connectivity index (χ3n) is 7.20. The molecular formula is C26H26F3N5O4. The minimum atomic E-state index is -4.54. The summed E-state index contributed by atoms with van der Waals surface area (Å²) >= 11 is 0. The van der Waals surface area contributed by atoms with E-state index in [-0.39, 0.29) is 24.7 Å².